The van der Waals surface area contributed by atoms with Gasteiger partial charge in [0.05, 0.1) is 16.3 Å². The largest absolute Gasteiger partial charge is 0.269 e. The molecule has 0 bridgehead atoms. The van der Waals surface area contributed by atoms with Crippen molar-refractivity contribution in [3.8, 4) is 16.9 Å². The van der Waals surface area contributed by atoms with E-state index < -0.39 is 4.92 Å². The van der Waals surface area contributed by atoms with Gasteiger partial charge >= 0.3 is 0 Å². The van der Waals surface area contributed by atoms with Crippen LogP contribution in [0.4, 0.5) is 5.69 Å². The average Bonchev–Trinajstić information content (AvgIpc) is 2.90. The van der Waals surface area contributed by atoms with E-state index in [2.05, 4.69) is 5.10 Å². The second-order valence-electron chi connectivity index (χ2n) is 4.72. The number of aromatic nitrogens is 2. The van der Waals surface area contributed by atoms with Gasteiger partial charge in [-0.2, -0.15) is 5.10 Å². The molecule has 104 valence electrons. The molecule has 0 atom stereocenters. The van der Waals surface area contributed by atoms with Crippen LogP contribution >= 0.6 is 0 Å². The fraction of sp³-hybridized carbons (Fsp3) is 0.0625. The van der Waals surface area contributed by atoms with Crippen molar-refractivity contribution >= 4 is 5.69 Å². The molecule has 0 aliphatic rings. The molecule has 1 aromatic heterocycles. The monoisotopic (exact) mass is 279 g/mol. The highest BCUT2D eigenvalue weighted by atomic mass is 16.6. The summed E-state index contributed by atoms with van der Waals surface area (Å²) in [5.41, 5.74) is 3.74. The van der Waals surface area contributed by atoms with Gasteiger partial charge in [-0.25, -0.2) is 4.68 Å². The predicted molar refractivity (Wildman–Crippen MR) is 80.4 cm³/mol. The molecule has 21 heavy (non-hydrogen) atoms. The molecule has 0 aliphatic heterocycles. The molecule has 0 unspecified atom stereocenters. The molecule has 3 rings (SSSR count). The number of benzene rings is 2. The number of nitrogens with zero attached hydrogens (tertiary/aromatic N) is 3. The Morgan fingerprint density at radius 3 is 2.33 bits per heavy atom. The van der Waals surface area contributed by atoms with Gasteiger partial charge in [0.1, 0.15) is 0 Å². The number of nitro benzene ring substituents is 1. The van der Waals surface area contributed by atoms with Gasteiger partial charge in [0.25, 0.3) is 5.69 Å². The number of non-ortho nitro benzene ring substituents is 1. The third-order valence-electron chi connectivity index (χ3n) is 3.26. The Labute approximate surface area is 121 Å². The lowest BCUT2D eigenvalue weighted by molar-refractivity contribution is -0.384. The number of hydrogen-bond donors (Lipinski definition) is 0. The summed E-state index contributed by atoms with van der Waals surface area (Å²) in [6.07, 6.45) is 0. The Bertz CT molecular complexity index is 777. The Balaban J connectivity index is 1.99. The quantitative estimate of drug-likeness (QED) is 0.541. The van der Waals surface area contributed by atoms with Gasteiger partial charge < -0.3 is 0 Å². The fourth-order valence-corrected chi connectivity index (χ4v) is 2.20. The first kappa shape index (κ1) is 13.1. The zero-order valence-electron chi connectivity index (χ0n) is 11.4. The van der Waals surface area contributed by atoms with Gasteiger partial charge in [-0.3, -0.25) is 10.1 Å². The van der Waals surface area contributed by atoms with Crippen LogP contribution < -0.4 is 0 Å². The van der Waals surface area contributed by atoms with Crippen molar-refractivity contribution in [1.82, 2.24) is 9.78 Å². The van der Waals surface area contributed by atoms with E-state index in [-0.39, 0.29) is 5.69 Å². The molecule has 0 fully saturated rings. The zero-order chi connectivity index (χ0) is 14.8. The van der Waals surface area contributed by atoms with Gasteiger partial charge in [-0.1, -0.05) is 18.2 Å². The number of rotatable bonds is 3. The first-order valence-corrected chi connectivity index (χ1v) is 6.52. The molecule has 3 aromatic rings. The summed E-state index contributed by atoms with van der Waals surface area (Å²) in [5, 5.41) is 15.2. The highest BCUT2D eigenvalue weighted by Crippen LogP contribution is 2.23. The minimum atomic E-state index is -0.405. The molecule has 1 heterocycles. The van der Waals surface area contributed by atoms with Crippen LogP contribution in [0.15, 0.2) is 60.7 Å². The summed E-state index contributed by atoms with van der Waals surface area (Å²) in [6.45, 7) is 1.98. The van der Waals surface area contributed by atoms with E-state index in [1.54, 1.807) is 12.1 Å². The van der Waals surface area contributed by atoms with Crippen LogP contribution in [-0.4, -0.2) is 14.7 Å². The number of para-hydroxylation sites is 1. The molecule has 0 amide bonds. The summed E-state index contributed by atoms with van der Waals surface area (Å²) in [6, 6.07) is 18.2. The van der Waals surface area contributed by atoms with Crippen molar-refractivity contribution in [1.29, 1.82) is 0 Å². The molecule has 5 heteroatoms. The number of hydrogen-bond acceptors (Lipinski definition) is 3. The highest BCUT2D eigenvalue weighted by molar-refractivity contribution is 5.61. The van der Waals surface area contributed by atoms with E-state index in [4.69, 9.17) is 0 Å². The standard InChI is InChI=1S/C16H13N3O2/c1-12-11-16(13-7-9-15(10-8-13)19(20)21)17-18(12)14-5-3-2-4-6-14/h2-11H,1H3. The third-order valence-corrected chi connectivity index (χ3v) is 3.26. The minimum Gasteiger partial charge on any atom is -0.258 e. The van der Waals surface area contributed by atoms with Crippen LogP contribution in [0.5, 0.6) is 0 Å². The maximum absolute atomic E-state index is 10.7. The normalized spacial score (nSPS) is 10.5. The molecule has 0 N–H and O–H groups in total. The summed E-state index contributed by atoms with van der Waals surface area (Å²) in [7, 11) is 0. The zero-order valence-corrected chi connectivity index (χ0v) is 11.4. The van der Waals surface area contributed by atoms with E-state index >= 15 is 0 Å². The van der Waals surface area contributed by atoms with Crippen LogP contribution in [-0.2, 0) is 0 Å². The minimum absolute atomic E-state index is 0.0814. The van der Waals surface area contributed by atoms with E-state index in [9.17, 15) is 10.1 Å². The lowest BCUT2D eigenvalue weighted by atomic mass is 10.1. The third kappa shape index (κ3) is 2.53. The second-order valence-corrected chi connectivity index (χ2v) is 4.72. The molecule has 5 nitrogen and oxygen atoms in total. The maximum atomic E-state index is 10.7. The van der Waals surface area contributed by atoms with Gasteiger partial charge in [0.2, 0.25) is 0 Å². The second kappa shape index (κ2) is 5.20. The smallest absolute Gasteiger partial charge is 0.258 e. The molecule has 0 aliphatic carbocycles. The number of aryl methyl sites for hydroxylation is 1. The summed E-state index contributed by atoms with van der Waals surface area (Å²) in [4.78, 5) is 10.3. The van der Waals surface area contributed by atoms with E-state index in [0.29, 0.717) is 0 Å². The SMILES string of the molecule is Cc1cc(-c2ccc([N+](=O)[O-])cc2)nn1-c1ccccc1. The van der Waals surface area contributed by atoms with Gasteiger partial charge in [0.15, 0.2) is 0 Å². The lowest BCUT2D eigenvalue weighted by Gasteiger charge is -2.02. The van der Waals surface area contributed by atoms with Gasteiger partial charge in [-0.05, 0) is 37.3 Å². The lowest BCUT2D eigenvalue weighted by Crippen LogP contribution is -1.98. The topological polar surface area (TPSA) is 61.0 Å². The molecular formula is C16H13N3O2. The van der Waals surface area contributed by atoms with Crippen molar-refractivity contribution in [3.05, 3.63) is 76.5 Å². The van der Waals surface area contributed by atoms with Crippen molar-refractivity contribution in [2.75, 3.05) is 0 Å². The summed E-state index contributed by atoms with van der Waals surface area (Å²) < 4.78 is 1.86. The summed E-state index contributed by atoms with van der Waals surface area (Å²) in [5.74, 6) is 0. The average molecular weight is 279 g/mol. The van der Waals surface area contributed by atoms with Crippen LogP contribution in [0.3, 0.4) is 0 Å². The van der Waals surface area contributed by atoms with Crippen LogP contribution in [0.2, 0.25) is 0 Å². The molecule has 0 saturated carbocycles. The van der Waals surface area contributed by atoms with Crippen LogP contribution in [0, 0.1) is 17.0 Å². The number of nitro groups is 1. The first-order chi connectivity index (χ1) is 10.1. The Kier molecular flexibility index (Phi) is 3.23. The molecule has 0 radical (unpaired) electrons. The van der Waals surface area contributed by atoms with Crippen molar-refractivity contribution in [3.63, 3.8) is 0 Å². The van der Waals surface area contributed by atoms with Crippen LogP contribution in [0.25, 0.3) is 16.9 Å². The molecule has 0 saturated heterocycles. The molecule has 2 aromatic carbocycles. The van der Waals surface area contributed by atoms with Crippen molar-refractivity contribution in [2.24, 2.45) is 0 Å². The Morgan fingerprint density at radius 2 is 1.71 bits per heavy atom. The predicted octanol–water partition coefficient (Wildman–Crippen LogP) is 3.76. The van der Waals surface area contributed by atoms with Gasteiger partial charge in [-0.15, -0.1) is 0 Å². The van der Waals surface area contributed by atoms with E-state index in [0.717, 1.165) is 22.6 Å². The van der Waals surface area contributed by atoms with Crippen LogP contribution in [0.1, 0.15) is 5.69 Å². The highest BCUT2D eigenvalue weighted by Gasteiger charge is 2.10. The maximum Gasteiger partial charge on any atom is 0.269 e. The molecular weight excluding hydrogens is 266 g/mol. The van der Waals surface area contributed by atoms with Gasteiger partial charge in [0, 0.05) is 23.4 Å². The Hall–Kier alpha value is -2.95. The van der Waals surface area contributed by atoms with Crippen molar-refractivity contribution in [2.45, 2.75) is 6.92 Å². The van der Waals surface area contributed by atoms with Crippen molar-refractivity contribution < 1.29 is 4.92 Å². The van der Waals surface area contributed by atoms with E-state index in [1.807, 2.05) is 48.0 Å². The Morgan fingerprint density at radius 1 is 1.05 bits per heavy atom. The summed E-state index contributed by atoms with van der Waals surface area (Å²) >= 11 is 0. The van der Waals surface area contributed by atoms with E-state index in [1.165, 1.54) is 12.1 Å². The first-order valence-electron chi connectivity index (χ1n) is 6.52. The molecule has 0 spiro atoms. The fourth-order valence-electron chi connectivity index (χ4n) is 2.20.